The van der Waals surface area contributed by atoms with Crippen molar-refractivity contribution in [3.05, 3.63) is 143 Å². The van der Waals surface area contributed by atoms with Crippen LogP contribution >= 0.6 is 0 Å². The van der Waals surface area contributed by atoms with Gasteiger partial charge in [-0.15, -0.1) is 0 Å². The molecule has 4 aromatic carbocycles. The molecule has 3 heterocycles. The van der Waals surface area contributed by atoms with Crippen molar-refractivity contribution in [2.45, 2.75) is 25.4 Å². The maximum Gasteiger partial charge on any atom is 0.252 e. The van der Waals surface area contributed by atoms with E-state index in [0.717, 1.165) is 75.0 Å². The minimum absolute atomic E-state index is 0.0514. The van der Waals surface area contributed by atoms with Gasteiger partial charge >= 0.3 is 0 Å². The van der Waals surface area contributed by atoms with E-state index in [2.05, 4.69) is 76.0 Å². The van der Waals surface area contributed by atoms with Gasteiger partial charge in [0.05, 0.1) is 18.2 Å². The molecule has 0 saturated heterocycles. The van der Waals surface area contributed by atoms with Gasteiger partial charge in [-0.2, -0.15) is 0 Å². The van der Waals surface area contributed by atoms with Crippen LogP contribution in [0.4, 0.5) is 0 Å². The lowest BCUT2D eigenvalue weighted by Crippen LogP contribution is -2.35. The van der Waals surface area contributed by atoms with Crippen LogP contribution in [0.1, 0.15) is 44.2 Å². The van der Waals surface area contributed by atoms with Gasteiger partial charge in [0, 0.05) is 72.3 Å². The third-order valence-electron chi connectivity index (χ3n) is 8.58. The number of methoxy groups -OCH3 is 1. The number of rotatable bonds is 8. The van der Waals surface area contributed by atoms with Crippen LogP contribution in [-0.2, 0) is 19.5 Å². The van der Waals surface area contributed by atoms with E-state index in [-0.39, 0.29) is 11.8 Å². The highest BCUT2D eigenvalue weighted by molar-refractivity contribution is 6.07. The lowest BCUT2D eigenvalue weighted by molar-refractivity contribution is 0.0951. The van der Waals surface area contributed by atoms with Gasteiger partial charge in [0.15, 0.2) is 0 Å². The molecule has 1 aliphatic heterocycles. The van der Waals surface area contributed by atoms with Gasteiger partial charge in [-0.3, -0.25) is 14.7 Å². The molecule has 0 radical (unpaired) electrons. The number of hydrogen-bond acceptors (Lipinski definition) is 4. The molecule has 2 aromatic heterocycles. The van der Waals surface area contributed by atoms with Gasteiger partial charge in [0.1, 0.15) is 5.75 Å². The zero-order valence-electron chi connectivity index (χ0n) is 24.2. The van der Waals surface area contributed by atoms with Crippen molar-refractivity contribution in [3.63, 3.8) is 0 Å². The Morgan fingerprint density at radius 1 is 0.930 bits per heavy atom. The van der Waals surface area contributed by atoms with Gasteiger partial charge in [0.2, 0.25) is 0 Å². The van der Waals surface area contributed by atoms with E-state index < -0.39 is 0 Å². The number of nitrogens with one attached hydrogen (secondary N) is 2. The number of aromatic amines is 1. The number of H-pyrrole nitrogens is 1. The molecule has 0 aliphatic carbocycles. The molecule has 1 atom stereocenters. The van der Waals surface area contributed by atoms with Crippen LogP contribution in [0.2, 0.25) is 0 Å². The molecule has 6 heteroatoms. The second-order valence-corrected chi connectivity index (χ2v) is 11.2. The molecule has 43 heavy (non-hydrogen) atoms. The van der Waals surface area contributed by atoms with E-state index in [0.29, 0.717) is 13.1 Å². The maximum absolute atomic E-state index is 14.3. The van der Waals surface area contributed by atoms with E-state index in [1.54, 1.807) is 7.11 Å². The lowest BCUT2D eigenvalue weighted by atomic mass is 9.90. The number of carbonyl (C=O) groups is 1. The fraction of sp³-hybridized carbons (Fsp3) is 0.189. The normalized spacial score (nSPS) is 14.0. The van der Waals surface area contributed by atoms with Crippen molar-refractivity contribution in [2.24, 2.45) is 0 Å². The first-order chi connectivity index (χ1) is 21.2. The SMILES string of the molecule is COc1ccc([C@H](CNC(=O)c2c3c(nc4ccccc24)CCN(Cc2ccccc2)C3)c2c[nH]c3ccccc23)cc1. The predicted octanol–water partition coefficient (Wildman–Crippen LogP) is 6.84. The first-order valence-electron chi connectivity index (χ1n) is 14.8. The average Bonchev–Trinajstić information content (AvgIpc) is 3.48. The molecule has 1 aliphatic rings. The van der Waals surface area contributed by atoms with Crippen molar-refractivity contribution in [3.8, 4) is 5.75 Å². The van der Waals surface area contributed by atoms with Crippen LogP contribution in [0.3, 0.4) is 0 Å². The minimum Gasteiger partial charge on any atom is -0.497 e. The van der Waals surface area contributed by atoms with Crippen molar-refractivity contribution in [2.75, 3.05) is 20.2 Å². The summed E-state index contributed by atoms with van der Waals surface area (Å²) in [6.45, 7) is 2.89. The summed E-state index contributed by atoms with van der Waals surface area (Å²) in [6, 6.07) is 35.0. The largest absolute Gasteiger partial charge is 0.497 e. The number of aromatic nitrogens is 2. The zero-order valence-corrected chi connectivity index (χ0v) is 24.2. The third-order valence-corrected chi connectivity index (χ3v) is 8.58. The molecular formula is C37H34N4O2. The van der Waals surface area contributed by atoms with Gasteiger partial charge < -0.3 is 15.0 Å². The topological polar surface area (TPSA) is 70.2 Å². The molecule has 0 bridgehead atoms. The van der Waals surface area contributed by atoms with Crippen LogP contribution in [0.15, 0.2) is 109 Å². The Labute approximate surface area is 251 Å². The van der Waals surface area contributed by atoms with Crippen LogP contribution in [0.5, 0.6) is 5.75 Å². The van der Waals surface area contributed by atoms with Crippen LogP contribution in [0, 0.1) is 0 Å². The molecule has 2 N–H and O–H groups in total. The minimum atomic E-state index is -0.0604. The quantitative estimate of drug-likeness (QED) is 0.212. The highest BCUT2D eigenvalue weighted by Gasteiger charge is 2.27. The molecule has 0 spiro atoms. The second-order valence-electron chi connectivity index (χ2n) is 11.2. The Hall–Kier alpha value is -4.94. The smallest absolute Gasteiger partial charge is 0.252 e. The molecule has 7 rings (SSSR count). The first-order valence-corrected chi connectivity index (χ1v) is 14.8. The predicted molar refractivity (Wildman–Crippen MR) is 171 cm³/mol. The summed E-state index contributed by atoms with van der Waals surface area (Å²) in [7, 11) is 1.67. The van der Waals surface area contributed by atoms with E-state index in [9.17, 15) is 4.79 Å². The third kappa shape index (κ3) is 5.38. The van der Waals surface area contributed by atoms with E-state index >= 15 is 0 Å². The Balaban J connectivity index is 1.23. The number of ether oxygens (including phenoxy) is 1. The van der Waals surface area contributed by atoms with Crippen molar-refractivity contribution in [1.29, 1.82) is 0 Å². The Kier molecular flexibility index (Phi) is 7.35. The van der Waals surface area contributed by atoms with Crippen molar-refractivity contribution >= 4 is 27.7 Å². The second kappa shape index (κ2) is 11.7. The molecule has 214 valence electrons. The Morgan fingerprint density at radius 3 is 2.49 bits per heavy atom. The number of benzene rings is 4. The number of carbonyl (C=O) groups excluding carboxylic acids is 1. The maximum atomic E-state index is 14.3. The monoisotopic (exact) mass is 566 g/mol. The molecule has 6 aromatic rings. The van der Waals surface area contributed by atoms with Crippen LogP contribution < -0.4 is 10.1 Å². The number of nitrogens with zero attached hydrogens (tertiary/aromatic N) is 2. The molecule has 0 saturated carbocycles. The fourth-order valence-corrected chi connectivity index (χ4v) is 6.39. The van der Waals surface area contributed by atoms with E-state index in [4.69, 9.17) is 9.72 Å². The summed E-state index contributed by atoms with van der Waals surface area (Å²) in [5.41, 5.74) is 8.28. The molecular weight excluding hydrogens is 532 g/mol. The fourth-order valence-electron chi connectivity index (χ4n) is 6.39. The average molecular weight is 567 g/mol. The van der Waals surface area contributed by atoms with Gasteiger partial charge in [-0.25, -0.2) is 0 Å². The number of pyridine rings is 1. The van der Waals surface area contributed by atoms with Gasteiger partial charge in [0.25, 0.3) is 5.91 Å². The number of amides is 1. The summed E-state index contributed by atoms with van der Waals surface area (Å²) >= 11 is 0. The summed E-state index contributed by atoms with van der Waals surface area (Å²) in [5.74, 6) is 0.694. The summed E-state index contributed by atoms with van der Waals surface area (Å²) in [5, 5.41) is 5.41. The summed E-state index contributed by atoms with van der Waals surface area (Å²) < 4.78 is 5.42. The van der Waals surface area contributed by atoms with Crippen molar-refractivity contribution in [1.82, 2.24) is 20.2 Å². The number of para-hydroxylation sites is 2. The van der Waals surface area contributed by atoms with Crippen LogP contribution in [-0.4, -0.2) is 41.0 Å². The van der Waals surface area contributed by atoms with Gasteiger partial charge in [-0.05, 0) is 41.0 Å². The highest BCUT2D eigenvalue weighted by Crippen LogP contribution is 2.33. The molecule has 1 amide bonds. The Morgan fingerprint density at radius 2 is 1.67 bits per heavy atom. The number of fused-ring (bicyclic) bond motifs is 3. The Bertz CT molecular complexity index is 1900. The number of hydrogen-bond donors (Lipinski definition) is 2. The zero-order chi connectivity index (χ0) is 29.2. The van der Waals surface area contributed by atoms with Crippen molar-refractivity contribution < 1.29 is 9.53 Å². The molecule has 0 unspecified atom stereocenters. The molecule has 0 fully saturated rings. The summed E-state index contributed by atoms with van der Waals surface area (Å²) in [6.07, 6.45) is 2.88. The highest BCUT2D eigenvalue weighted by atomic mass is 16.5. The molecule has 6 nitrogen and oxygen atoms in total. The van der Waals surface area contributed by atoms with E-state index in [1.807, 2.05) is 48.5 Å². The standard InChI is InChI=1S/C37H34N4O2/c1-43-27-17-15-26(16-18-27)30(31-22-38-33-13-7-5-11-28(31)33)21-39-37(42)36-29-12-6-8-14-34(29)40-35-19-20-41(24-32(35)36)23-25-9-3-2-4-10-25/h2-18,22,30,38H,19-21,23-24H2,1H3,(H,39,42)/t30-/m0/s1. The first kappa shape index (κ1) is 26.9. The lowest BCUT2D eigenvalue weighted by Gasteiger charge is -2.30. The summed E-state index contributed by atoms with van der Waals surface area (Å²) in [4.78, 5) is 25.1. The van der Waals surface area contributed by atoms with Crippen LogP contribution in [0.25, 0.3) is 21.8 Å². The van der Waals surface area contributed by atoms with Gasteiger partial charge in [-0.1, -0.05) is 78.9 Å². The van der Waals surface area contributed by atoms with E-state index in [1.165, 1.54) is 5.56 Å².